The van der Waals surface area contributed by atoms with Gasteiger partial charge in [-0.05, 0) is 12.1 Å². The normalized spacial score (nSPS) is 17.2. The molecule has 1 heterocycles. The van der Waals surface area contributed by atoms with E-state index >= 15 is 0 Å². The molecule has 1 aromatic rings. The Morgan fingerprint density at radius 1 is 1.10 bits per heavy atom. The molecule has 0 saturated carbocycles. The number of nitrogens with zero attached hydrogens (tertiary/aromatic N) is 1. The highest BCUT2D eigenvalue weighted by atomic mass is 16.6. The van der Waals surface area contributed by atoms with Crippen LogP contribution >= 0.6 is 0 Å². The van der Waals surface area contributed by atoms with Crippen molar-refractivity contribution in [2.24, 2.45) is 0 Å². The largest absolute Gasteiger partial charge is 0.534 e. The lowest BCUT2D eigenvalue weighted by Gasteiger charge is -2.31. The number of piperazine rings is 1. The van der Waals surface area contributed by atoms with Gasteiger partial charge in [-0.3, -0.25) is 0 Å². The van der Waals surface area contributed by atoms with E-state index in [2.05, 4.69) is 5.32 Å². The average molecular weight is 279 g/mol. The average Bonchev–Trinajstić information content (AvgIpc) is 2.48. The minimum atomic E-state index is -1.31. The first-order valence-electron chi connectivity index (χ1n) is 6.19. The summed E-state index contributed by atoms with van der Waals surface area (Å²) in [6.07, 6.45) is -2.36. The van der Waals surface area contributed by atoms with Gasteiger partial charge in [0.25, 0.3) is 0 Å². The predicted octanol–water partition coefficient (Wildman–Crippen LogP) is 1.06. The van der Waals surface area contributed by atoms with Crippen LogP contribution in [0.3, 0.4) is 0 Å². The molecule has 1 aliphatic heterocycles. The highest BCUT2D eigenvalue weighted by Gasteiger charge is 2.49. The zero-order valence-electron chi connectivity index (χ0n) is 10.7. The third kappa shape index (κ3) is 2.68. The van der Waals surface area contributed by atoms with Crippen LogP contribution in [-0.2, 0) is 4.74 Å². The molecule has 106 valence electrons. The van der Waals surface area contributed by atoms with Gasteiger partial charge in [0.2, 0.25) is 0 Å². The third-order valence-corrected chi connectivity index (χ3v) is 3.25. The Morgan fingerprint density at radius 3 is 2.25 bits per heavy atom. The summed E-state index contributed by atoms with van der Waals surface area (Å²) in [6.45, 7) is 0.855. The Bertz CT molecular complexity index is 523. The molecule has 0 spiro atoms. The molecule has 0 atom stereocenters. The quantitative estimate of drug-likeness (QED) is 0.453. The smallest absolute Gasteiger partial charge is 0.435 e. The number of ether oxygens (including phenoxy) is 1. The van der Waals surface area contributed by atoms with Crippen molar-refractivity contribution in [2.75, 3.05) is 26.2 Å². The molecule has 1 aliphatic rings. The summed E-state index contributed by atoms with van der Waals surface area (Å²) in [6, 6.07) is 7.98. The first kappa shape index (κ1) is 14.2. The number of benzene rings is 1. The van der Waals surface area contributed by atoms with Crippen LogP contribution in [0, 0.1) is 0 Å². The summed E-state index contributed by atoms with van der Waals surface area (Å²) in [7, 11) is 0. The molecule has 7 nitrogen and oxygen atoms in total. The summed E-state index contributed by atoms with van der Waals surface area (Å²) in [5.41, 5.74) is 0.208. The lowest BCUT2D eigenvalue weighted by molar-refractivity contribution is -0.786. The number of imide groups is 1. The predicted molar refractivity (Wildman–Crippen MR) is 68.1 cm³/mol. The molecule has 20 heavy (non-hydrogen) atoms. The Balaban J connectivity index is 2.13. The number of rotatable bonds is 1. The zero-order valence-corrected chi connectivity index (χ0v) is 10.7. The van der Waals surface area contributed by atoms with Crippen molar-refractivity contribution in [3.63, 3.8) is 0 Å². The topological polar surface area (TPSA) is 92.7 Å². The maximum atomic E-state index is 12.1. The highest BCUT2D eigenvalue weighted by molar-refractivity contribution is 5.96. The maximum absolute atomic E-state index is 12.1. The fourth-order valence-corrected chi connectivity index (χ4v) is 2.03. The van der Waals surface area contributed by atoms with E-state index in [9.17, 15) is 19.5 Å². The fraction of sp³-hybridized carbons (Fsp3) is 0.308. The van der Waals surface area contributed by atoms with Gasteiger partial charge in [0.15, 0.2) is 0 Å². The molecule has 2 rings (SSSR count). The first-order chi connectivity index (χ1) is 9.56. The van der Waals surface area contributed by atoms with E-state index in [4.69, 9.17) is 4.74 Å². The van der Waals surface area contributed by atoms with Crippen LogP contribution in [0.1, 0.15) is 10.4 Å². The summed E-state index contributed by atoms with van der Waals surface area (Å²) in [5, 5.41) is 12.2. The van der Waals surface area contributed by atoms with Gasteiger partial charge in [0, 0.05) is 13.1 Å². The van der Waals surface area contributed by atoms with Gasteiger partial charge in [-0.1, -0.05) is 18.2 Å². The first-order valence-corrected chi connectivity index (χ1v) is 6.19. The molecule has 0 radical (unpaired) electrons. The second-order valence-corrected chi connectivity index (χ2v) is 4.47. The van der Waals surface area contributed by atoms with Crippen LogP contribution < -0.4 is 5.32 Å². The number of esters is 1. The summed E-state index contributed by atoms with van der Waals surface area (Å²) >= 11 is 0. The minimum Gasteiger partial charge on any atom is -0.435 e. The van der Waals surface area contributed by atoms with Crippen molar-refractivity contribution >= 4 is 18.2 Å². The summed E-state index contributed by atoms with van der Waals surface area (Å²) in [4.78, 5) is 35.2. The molecule has 0 aromatic heterocycles. The van der Waals surface area contributed by atoms with Crippen LogP contribution in [0.4, 0.5) is 9.59 Å². The van der Waals surface area contributed by atoms with Gasteiger partial charge >= 0.3 is 18.2 Å². The number of nitrogens with one attached hydrogen (secondary N) is 1. The van der Waals surface area contributed by atoms with Crippen LogP contribution in [0.15, 0.2) is 30.3 Å². The van der Waals surface area contributed by atoms with Gasteiger partial charge in [0.1, 0.15) is 13.1 Å². The number of carboxylic acid groups (broad SMARTS) is 1. The number of carbonyl (C=O) groups excluding carboxylic acids is 2. The van der Waals surface area contributed by atoms with E-state index in [1.807, 2.05) is 0 Å². The Kier molecular flexibility index (Phi) is 4.11. The summed E-state index contributed by atoms with van der Waals surface area (Å²) < 4.78 is 3.84. The lowest BCUT2D eigenvalue weighted by Crippen LogP contribution is -2.64. The fourth-order valence-electron chi connectivity index (χ4n) is 2.03. The minimum absolute atomic E-state index is 0.0518. The molecule has 0 bridgehead atoms. The molecule has 1 fully saturated rings. The van der Waals surface area contributed by atoms with Crippen molar-refractivity contribution in [1.82, 2.24) is 5.32 Å². The van der Waals surface area contributed by atoms with Gasteiger partial charge < -0.3 is 15.2 Å². The van der Waals surface area contributed by atoms with E-state index in [-0.39, 0.29) is 18.7 Å². The van der Waals surface area contributed by atoms with Crippen LogP contribution in [-0.4, -0.2) is 53.9 Å². The van der Waals surface area contributed by atoms with E-state index in [1.54, 1.807) is 18.2 Å². The van der Waals surface area contributed by atoms with E-state index in [1.165, 1.54) is 12.1 Å². The molecular weight excluding hydrogens is 264 g/mol. The zero-order chi connectivity index (χ0) is 14.6. The molecule has 0 unspecified atom stereocenters. The number of hydrogen-bond acceptors (Lipinski definition) is 5. The number of hydrogen-bond donors (Lipinski definition) is 2. The standard InChI is InChI=1S/C13H14N2O5/c16-11(10-4-2-1-3-5-10)20-13(19)15(12(17)18)8-6-14-7-9-15/h1-5,14H,6-9H2/p+1. The SMILES string of the molecule is O=C(OC(=O)[N+]1(C(=O)O)CCNCC1)c1ccccc1. The van der Waals surface area contributed by atoms with Crippen molar-refractivity contribution in [3.05, 3.63) is 35.9 Å². The number of amides is 2. The van der Waals surface area contributed by atoms with Gasteiger partial charge in [-0.15, -0.1) is 4.48 Å². The van der Waals surface area contributed by atoms with Crippen LogP contribution in [0.2, 0.25) is 0 Å². The van der Waals surface area contributed by atoms with Crippen molar-refractivity contribution < 1.29 is 28.7 Å². The Morgan fingerprint density at radius 2 is 1.70 bits per heavy atom. The van der Waals surface area contributed by atoms with Gasteiger partial charge in [0.05, 0.1) is 5.56 Å². The van der Waals surface area contributed by atoms with E-state index in [0.29, 0.717) is 13.1 Å². The molecule has 1 saturated heterocycles. The number of quaternary nitrogens is 1. The van der Waals surface area contributed by atoms with Gasteiger partial charge in [-0.2, -0.15) is 9.59 Å². The second kappa shape index (κ2) is 5.81. The molecular formula is C13H15N2O5+. The lowest BCUT2D eigenvalue weighted by atomic mass is 10.2. The molecule has 2 amide bonds. The van der Waals surface area contributed by atoms with Gasteiger partial charge in [-0.25, -0.2) is 4.79 Å². The van der Waals surface area contributed by atoms with Crippen LogP contribution in [0.25, 0.3) is 0 Å². The Hall–Kier alpha value is -2.25. The van der Waals surface area contributed by atoms with Crippen LogP contribution in [0.5, 0.6) is 0 Å². The monoisotopic (exact) mass is 279 g/mol. The van der Waals surface area contributed by atoms with E-state index < -0.39 is 22.6 Å². The van der Waals surface area contributed by atoms with E-state index in [0.717, 1.165) is 0 Å². The van der Waals surface area contributed by atoms with Crippen molar-refractivity contribution in [3.8, 4) is 0 Å². The Labute approximate surface area is 115 Å². The second-order valence-electron chi connectivity index (χ2n) is 4.47. The molecule has 1 aromatic carbocycles. The maximum Gasteiger partial charge on any atom is 0.534 e. The molecule has 0 aliphatic carbocycles. The molecule has 7 heteroatoms. The third-order valence-electron chi connectivity index (χ3n) is 3.25. The van der Waals surface area contributed by atoms with Crippen molar-refractivity contribution in [2.45, 2.75) is 0 Å². The highest BCUT2D eigenvalue weighted by Crippen LogP contribution is 2.14. The summed E-state index contributed by atoms with van der Waals surface area (Å²) in [5.74, 6) is -0.840. The molecule has 2 N–H and O–H groups in total. The van der Waals surface area contributed by atoms with Crippen molar-refractivity contribution in [1.29, 1.82) is 0 Å². The number of carbonyl (C=O) groups is 3.